The lowest BCUT2D eigenvalue weighted by molar-refractivity contribution is 0.0948. The molecule has 0 radical (unpaired) electrons. The molecule has 0 aliphatic rings. The average Bonchev–Trinajstić information content (AvgIpc) is 3.00. The molecule has 8 heteroatoms. The topological polar surface area (TPSA) is 102 Å². The highest BCUT2D eigenvalue weighted by Gasteiger charge is 2.10. The smallest absolute Gasteiger partial charge is 0.287 e. The van der Waals surface area contributed by atoms with E-state index in [1.54, 1.807) is 17.1 Å². The Morgan fingerprint density at radius 3 is 3.00 bits per heavy atom. The highest BCUT2D eigenvalue weighted by Crippen LogP contribution is 2.01. The summed E-state index contributed by atoms with van der Waals surface area (Å²) in [6.07, 6.45) is 3.37. The zero-order valence-corrected chi connectivity index (χ0v) is 11.9. The van der Waals surface area contributed by atoms with Crippen LogP contribution in [0.3, 0.4) is 0 Å². The minimum Gasteiger partial charge on any atom is -0.296 e. The Labute approximate surface area is 122 Å². The molecule has 0 aliphatic heterocycles. The lowest BCUT2D eigenvalue weighted by Crippen LogP contribution is -2.30. The van der Waals surface area contributed by atoms with Crippen molar-refractivity contribution in [2.45, 2.75) is 20.0 Å². The van der Waals surface area contributed by atoms with Gasteiger partial charge in [0.1, 0.15) is 0 Å². The molecule has 2 heterocycles. The van der Waals surface area contributed by atoms with E-state index < -0.39 is 5.91 Å². The summed E-state index contributed by atoms with van der Waals surface area (Å²) < 4.78 is 1.63. The van der Waals surface area contributed by atoms with Gasteiger partial charge in [-0.2, -0.15) is 0 Å². The van der Waals surface area contributed by atoms with Crippen molar-refractivity contribution in [2.75, 3.05) is 13.1 Å². The molecule has 0 atom stereocenters. The van der Waals surface area contributed by atoms with Crippen molar-refractivity contribution >= 4 is 5.91 Å². The predicted molar refractivity (Wildman–Crippen MR) is 76.9 cm³/mol. The second kappa shape index (κ2) is 7.46. The molecule has 0 aliphatic carbocycles. The second-order valence-corrected chi connectivity index (χ2v) is 4.53. The Kier molecular flexibility index (Phi) is 5.35. The molecular formula is C13H19N7O. The SMILES string of the molecule is CCN(CCn1cc(C(=O)NN)nn1)Cc1ccccn1. The average molecular weight is 289 g/mol. The quantitative estimate of drug-likeness (QED) is 0.416. The number of pyridine rings is 1. The molecule has 0 saturated carbocycles. The largest absolute Gasteiger partial charge is 0.296 e. The molecule has 0 saturated heterocycles. The van der Waals surface area contributed by atoms with Crippen molar-refractivity contribution in [2.24, 2.45) is 5.84 Å². The zero-order chi connectivity index (χ0) is 15.1. The Bertz CT molecular complexity index is 569. The molecule has 2 rings (SSSR count). The van der Waals surface area contributed by atoms with E-state index in [9.17, 15) is 4.79 Å². The van der Waals surface area contributed by atoms with Gasteiger partial charge in [-0.25, -0.2) is 5.84 Å². The van der Waals surface area contributed by atoms with E-state index in [1.165, 1.54) is 0 Å². The number of nitrogens with zero attached hydrogens (tertiary/aromatic N) is 5. The van der Waals surface area contributed by atoms with Crippen LogP contribution in [0.5, 0.6) is 0 Å². The number of hydrogen-bond acceptors (Lipinski definition) is 6. The number of hydrogen-bond donors (Lipinski definition) is 2. The molecule has 8 nitrogen and oxygen atoms in total. The Morgan fingerprint density at radius 1 is 1.48 bits per heavy atom. The molecule has 21 heavy (non-hydrogen) atoms. The van der Waals surface area contributed by atoms with Gasteiger partial charge in [-0.15, -0.1) is 5.10 Å². The van der Waals surface area contributed by atoms with Crippen LogP contribution in [0.4, 0.5) is 0 Å². The summed E-state index contributed by atoms with van der Waals surface area (Å²) in [5, 5.41) is 7.67. The number of aromatic nitrogens is 4. The Morgan fingerprint density at radius 2 is 2.33 bits per heavy atom. The maximum absolute atomic E-state index is 11.3. The van der Waals surface area contributed by atoms with Crippen LogP contribution in [0.2, 0.25) is 0 Å². The number of carbonyl (C=O) groups excluding carboxylic acids is 1. The first-order valence-corrected chi connectivity index (χ1v) is 6.76. The number of nitrogens with two attached hydrogens (primary N) is 1. The lowest BCUT2D eigenvalue weighted by atomic mass is 10.3. The van der Waals surface area contributed by atoms with Crippen LogP contribution in [0, 0.1) is 0 Å². The summed E-state index contributed by atoms with van der Waals surface area (Å²) >= 11 is 0. The number of hydrazine groups is 1. The van der Waals surface area contributed by atoms with Crippen molar-refractivity contribution in [3.63, 3.8) is 0 Å². The van der Waals surface area contributed by atoms with E-state index in [1.807, 2.05) is 23.6 Å². The monoisotopic (exact) mass is 289 g/mol. The van der Waals surface area contributed by atoms with Crippen molar-refractivity contribution in [3.05, 3.63) is 42.0 Å². The fraction of sp³-hybridized carbons (Fsp3) is 0.385. The molecule has 0 aromatic carbocycles. The van der Waals surface area contributed by atoms with Crippen LogP contribution in [0.15, 0.2) is 30.6 Å². The summed E-state index contributed by atoms with van der Waals surface area (Å²) in [4.78, 5) is 17.9. The predicted octanol–water partition coefficient (Wildman–Crippen LogP) is -0.201. The van der Waals surface area contributed by atoms with Crippen LogP contribution < -0.4 is 11.3 Å². The van der Waals surface area contributed by atoms with Crippen LogP contribution in [-0.4, -0.2) is 43.9 Å². The first kappa shape index (κ1) is 15.1. The third-order valence-corrected chi connectivity index (χ3v) is 3.11. The minimum absolute atomic E-state index is 0.213. The molecule has 0 unspecified atom stereocenters. The van der Waals surface area contributed by atoms with Crippen LogP contribution in [0.1, 0.15) is 23.1 Å². The molecule has 0 spiro atoms. The molecule has 2 aromatic heterocycles. The van der Waals surface area contributed by atoms with E-state index >= 15 is 0 Å². The minimum atomic E-state index is -0.443. The van der Waals surface area contributed by atoms with Gasteiger partial charge >= 0.3 is 0 Å². The zero-order valence-electron chi connectivity index (χ0n) is 11.9. The maximum Gasteiger partial charge on any atom is 0.287 e. The van der Waals surface area contributed by atoms with Gasteiger partial charge in [0, 0.05) is 19.3 Å². The van der Waals surface area contributed by atoms with E-state index in [4.69, 9.17) is 5.84 Å². The van der Waals surface area contributed by atoms with Gasteiger partial charge in [-0.1, -0.05) is 18.2 Å². The fourth-order valence-electron chi connectivity index (χ4n) is 1.90. The van der Waals surface area contributed by atoms with Crippen molar-refractivity contribution in [1.82, 2.24) is 30.3 Å². The number of nitrogens with one attached hydrogen (secondary N) is 1. The van der Waals surface area contributed by atoms with Gasteiger partial charge in [0.05, 0.1) is 18.4 Å². The van der Waals surface area contributed by atoms with E-state index in [2.05, 4.69) is 27.1 Å². The summed E-state index contributed by atoms with van der Waals surface area (Å²) in [7, 11) is 0. The number of nitrogen functional groups attached to an aromatic ring is 1. The van der Waals surface area contributed by atoms with Crippen LogP contribution in [-0.2, 0) is 13.1 Å². The molecule has 0 fully saturated rings. The van der Waals surface area contributed by atoms with Crippen molar-refractivity contribution in [3.8, 4) is 0 Å². The summed E-state index contributed by atoms with van der Waals surface area (Å²) in [6.45, 7) is 5.22. The third-order valence-electron chi connectivity index (χ3n) is 3.11. The van der Waals surface area contributed by atoms with Gasteiger partial charge in [0.2, 0.25) is 0 Å². The summed E-state index contributed by atoms with van der Waals surface area (Å²) in [6, 6.07) is 5.88. The van der Waals surface area contributed by atoms with E-state index in [0.29, 0.717) is 6.54 Å². The van der Waals surface area contributed by atoms with Crippen molar-refractivity contribution in [1.29, 1.82) is 0 Å². The molecular weight excluding hydrogens is 270 g/mol. The number of amides is 1. The van der Waals surface area contributed by atoms with Crippen molar-refractivity contribution < 1.29 is 4.79 Å². The lowest BCUT2D eigenvalue weighted by Gasteiger charge is -2.19. The van der Waals surface area contributed by atoms with Crippen LogP contribution >= 0.6 is 0 Å². The standard InChI is InChI=1S/C13H19N7O/c1-2-19(9-11-5-3-4-6-15-11)7-8-20-10-12(17-18-20)13(21)16-14/h3-6,10H,2,7-9,14H2,1H3,(H,16,21). The van der Waals surface area contributed by atoms with Gasteiger partial charge in [-0.3, -0.25) is 24.8 Å². The molecule has 2 aromatic rings. The highest BCUT2D eigenvalue weighted by atomic mass is 16.2. The normalized spacial score (nSPS) is 10.8. The first-order chi connectivity index (χ1) is 10.2. The summed E-state index contributed by atoms with van der Waals surface area (Å²) in [5.41, 5.74) is 3.27. The van der Waals surface area contributed by atoms with Gasteiger partial charge in [0.15, 0.2) is 5.69 Å². The Hall–Kier alpha value is -2.32. The van der Waals surface area contributed by atoms with Crippen LogP contribution in [0.25, 0.3) is 0 Å². The van der Waals surface area contributed by atoms with Gasteiger partial charge < -0.3 is 0 Å². The second-order valence-electron chi connectivity index (χ2n) is 4.53. The number of carbonyl (C=O) groups is 1. The van der Waals surface area contributed by atoms with E-state index in [0.717, 1.165) is 25.3 Å². The molecule has 1 amide bonds. The number of likely N-dealkylation sites (N-methyl/N-ethyl adjacent to an activating group) is 1. The Balaban J connectivity index is 1.88. The number of rotatable bonds is 7. The first-order valence-electron chi connectivity index (χ1n) is 6.76. The molecule has 3 N–H and O–H groups in total. The maximum atomic E-state index is 11.3. The molecule has 112 valence electrons. The fourth-order valence-corrected chi connectivity index (χ4v) is 1.90. The van der Waals surface area contributed by atoms with E-state index in [-0.39, 0.29) is 5.69 Å². The summed E-state index contributed by atoms with van der Waals surface area (Å²) in [5.74, 6) is 4.61. The van der Waals surface area contributed by atoms with Gasteiger partial charge in [-0.05, 0) is 18.7 Å². The van der Waals surface area contributed by atoms with Gasteiger partial charge in [0.25, 0.3) is 5.91 Å². The highest BCUT2D eigenvalue weighted by molar-refractivity contribution is 5.91. The molecule has 0 bridgehead atoms. The third kappa shape index (κ3) is 4.33.